The van der Waals surface area contributed by atoms with Gasteiger partial charge in [0.05, 0.1) is 0 Å². The molecule has 0 saturated carbocycles. The molecule has 2 aromatic rings. The molecule has 0 radical (unpaired) electrons. The molecule has 0 aliphatic carbocycles. The van der Waals surface area contributed by atoms with Crippen LogP contribution in [0.4, 0.5) is 4.39 Å². The number of likely N-dealkylation sites (tertiary alicyclic amines) is 1. The SMILES string of the molecule is CC(C)C(C)NC(=O)C(NC(=O)c1ccccc1)C1CCN(C(=O)c2cccc(F)c2)CC1. The fourth-order valence-corrected chi connectivity index (χ4v) is 3.93. The molecule has 6 nitrogen and oxygen atoms in total. The standard InChI is InChI=1S/C26H32FN3O3/c1-17(2)18(3)28-25(32)23(29-24(31)20-8-5-4-6-9-20)19-12-14-30(15-13-19)26(33)21-10-7-11-22(27)16-21/h4-11,16-19,23H,12-15H2,1-3H3,(H,28,32)(H,29,31). The summed E-state index contributed by atoms with van der Waals surface area (Å²) in [6.45, 7) is 6.87. The van der Waals surface area contributed by atoms with Gasteiger partial charge in [0, 0.05) is 30.3 Å². The van der Waals surface area contributed by atoms with Crippen LogP contribution in [0.2, 0.25) is 0 Å². The van der Waals surface area contributed by atoms with Gasteiger partial charge in [-0.1, -0.05) is 38.1 Å². The summed E-state index contributed by atoms with van der Waals surface area (Å²) < 4.78 is 13.5. The summed E-state index contributed by atoms with van der Waals surface area (Å²) in [5.41, 5.74) is 0.803. The molecule has 7 heteroatoms. The van der Waals surface area contributed by atoms with Crippen molar-refractivity contribution in [3.8, 4) is 0 Å². The Balaban J connectivity index is 1.70. The van der Waals surface area contributed by atoms with Crippen molar-refractivity contribution in [3.63, 3.8) is 0 Å². The van der Waals surface area contributed by atoms with Crippen molar-refractivity contribution in [2.45, 2.75) is 45.7 Å². The van der Waals surface area contributed by atoms with Gasteiger partial charge < -0.3 is 15.5 Å². The molecule has 0 bridgehead atoms. The molecule has 1 aliphatic rings. The first-order valence-electron chi connectivity index (χ1n) is 11.5. The number of piperidine rings is 1. The van der Waals surface area contributed by atoms with Gasteiger partial charge in [0.25, 0.3) is 11.8 Å². The van der Waals surface area contributed by atoms with Crippen LogP contribution in [0, 0.1) is 17.7 Å². The normalized spacial score (nSPS) is 16.2. The Labute approximate surface area is 194 Å². The van der Waals surface area contributed by atoms with Gasteiger partial charge in [0.2, 0.25) is 5.91 Å². The van der Waals surface area contributed by atoms with Crippen molar-refractivity contribution >= 4 is 17.7 Å². The van der Waals surface area contributed by atoms with Gasteiger partial charge in [-0.25, -0.2) is 4.39 Å². The van der Waals surface area contributed by atoms with E-state index in [4.69, 9.17) is 0 Å². The number of carbonyl (C=O) groups is 3. The zero-order valence-corrected chi connectivity index (χ0v) is 19.4. The van der Waals surface area contributed by atoms with Crippen LogP contribution in [-0.2, 0) is 4.79 Å². The molecule has 0 spiro atoms. The number of nitrogens with one attached hydrogen (secondary N) is 2. The maximum absolute atomic E-state index is 13.5. The summed E-state index contributed by atoms with van der Waals surface area (Å²) >= 11 is 0. The summed E-state index contributed by atoms with van der Waals surface area (Å²) in [6, 6.07) is 13.7. The van der Waals surface area contributed by atoms with E-state index >= 15 is 0 Å². The van der Waals surface area contributed by atoms with Crippen LogP contribution in [0.1, 0.15) is 54.3 Å². The summed E-state index contributed by atoms with van der Waals surface area (Å²) in [6.07, 6.45) is 1.12. The third kappa shape index (κ3) is 6.40. The van der Waals surface area contributed by atoms with Crippen LogP contribution >= 0.6 is 0 Å². The average molecular weight is 454 g/mol. The summed E-state index contributed by atoms with van der Waals surface area (Å²) in [5.74, 6) is -1.05. The second-order valence-electron chi connectivity index (χ2n) is 9.00. The molecule has 1 fully saturated rings. The highest BCUT2D eigenvalue weighted by molar-refractivity contribution is 5.97. The van der Waals surface area contributed by atoms with Crippen LogP contribution in [-0.4, -0.2) is 47.8 Å². The third-order valence-electron chi connectivity index (χ3n) is 6.34. The maximum atomic E-state index is 13.5. The lowest BCUT2D eigenvalue weighted by atomic mass is 9.87. The lowest BCUT2D eigenvalue weighted by Crippen LogP contribution is -2.55. The molecule has 176 valence electrons. The first-order chi connectivity index (χ1) is 15.8. The molecule has 33 heavy (non-hydrogen) atoms. The Morgan fingerprint density at radius 3 is 2.15 bits per heavy atom. The van der Waals surface area contributed by atoms with Crippen LogP contribution in [0.5, 0.6) is 0 Å². The molecular formula is C26H32FN3O3. The predicted octanol–water partition coefficient (Wildman–Crippen LogP) is 3.64. The van der Waals surface area contributed by atoms with Crippen LogP contribution in [0.25, 0.3) is 0 Å². The van der Waals surface area contributed by atoms with Gasteiger partial charge in [0.15, 0.2) is 0 Å². The maximum Gasteiger partial charge on any atom is 0.253 e. The molecule has 1 aliphatic heterocycles. The van der Waals surface area contributed by atoms with Gasteiger partial charge in [-0.05, 0) is 61.9 Å². The molecule has 1 heterocycles. The molecule has 0 aromatic heterocycles. The topological polar surface area (TPSA) is 78.5 Å². The number of amides is 3. The van der Waals surface area contributed by atoms with E-state index in [-0.39, 0.29) is 35.6 Å². The van der Waals surface area contributed by atoms with Gasteiger partial charge in [0.1, 0.15) is 11.9 Å². The molecule has 2 N–H and O–H groups in total. The van der Waals surface area contributed by atoms with Gasteiger partial charge in [-0.15, -0.1) is 0 Å². The van der Waals surface area contributed by atoms with E-state index in [1.165, 1.54) is 18.2 Å². The van der Waals surface area contributed by atoms with Crippen molar-refractivity contribution in [2.24, 2.45) is 11.8 Å². The zero-order valence-electron chi connectivity index (χ0n) is 19.4. The number of halogens is 1. The molecular weight excluding hydrogens is 421 g/mol. The first-order valence-corrected chi connectivity index (χ1v) is 11.5. The average Bonchev–Trinajstić information content (AvgIpc) is 2.82. The predicted molar refractivity (Wildman–Crippen MR) is 125 cm³/mol. The molecule has 2 aromatic carbocycles. The van der Waals surface area contributed by atoms with Crippen LogP contribution in [0.15, 0.2) is 54.6 Å². The van der Waals surface area contributed by atoms with E-state index < -0.39 is 11.9 Å². The lowest BCUT2D eigenvalue weighted by molar-refractivity contribution is -0.125. The molecule has 1 saturated heterocycles. The fourth-order valence-electron chi connectivity index (χ4n) is 3.93. The smallest absolute Gasteiger partial charge is 0.253 e. The van der Waals surface area contributed by atoms with E-state index in [0.29, 0.717) is 37.1 Å². The minimum Gasteiger partial charge on any atom is -0.352 e. The molecule has 3 amide bonds. The largest absolute Gasteiger partial charge is 0.352 e. The van der Waals surface area contributed by atoms with Crippen LogP contribution in [0.3, 0.4) is 0 Å². The van der Waals surface area contributed by atoms with E-state index in [1.54, 1.807) is 35.2 Å². The third-order valence-corrected chi connectivity index (χ3v) is 6.34. The first kappa shape index (κ1) is 24.4. The molecule has 3 rings (SSSR count). The van der Waals surface area contributed by atoms with E-state index in [0.717, 1.165) is 0 Å². The van der Waals surface area contributed by atoms with E-state index in [9.17, 15) is 18.8 Å². The van der Waals surface area contributed by atoms with Gasteiger partial charge in [-0.3, -0.25) is 14.4 Å². The number of hydrogen-bond donors (Lipinski definition) is 2. The molecule has 2 atom stereocenters. The second kappa shape index (κ2) is 11.1. The quantitative estimate of drug-likeness (QED) is 0.672. The zero-order chi connectivity index (χ0) is 24.0. The number of carbonyl (C=O) groups excluding carboxylic acids is 3. The number of hydrogen-bond acceptors (Lipinski definition) is 3. The number of nitrogens with zero attached hydrogens (tertiary/aromatic N) is 1. The Morgan fingerprint density at radius 2 is 1.55 bits per heavy atom. The Morgan fingerprint density at radius 1 is 0.909 bits per heavy atom. The van der Waals surface area contributed by atoms with Crippen molar-refractivity contribution in [1.82, 2.24) is 15.5 Å². The summed E-state index contributed by atoms with van der Waals surface area (Å²) in [5, 5.41) is 5.95. The highest BCUT2D eigenvalue weighted by Crippen LogP contribution is 2.23. The van der Waals surface area contributed by atoms with E-state index in [1.807, 2.05) is 26.8 Å². The Bertz CT molecular complexity index is 972. The second-order valence-corrected chi connectivity index (χ2v) is 9.00. The number of benzene rings is 2. The molecule has 2 unspecified atom stereocenters. The van der Waals surface area contributed by atoms with Crippen molar-refractivity contribution in [2.75, 3.05) is 13.1 Å². The monoisotopic (exact) mass is 453 g/mol. The van der Waals surface area contributed by atoms with E-state index in [2.05, 4.69) is 10.6 Å². The van der Waals surface area contributed by atoms with Crippen molar-refractivity contribution in [1.29, 1.82) is 0 Å². The summed E-state index contributed by atoms with van der Waals surface area (Å²) in [7, 11) is 0. The fraction of sp³-hybridized carbons (Fsp3) is 0.423. The Kier molecular flexibility index (Phi) is 8.20. The minimum absolute atomic E-state index is 0.0386. The van der Waals surface area contributed by atoms with Crippen LogP contribution < -0.4 is 10.6 Å². The number of rotatable bonds is 7. The highest BCUT2D eigenvalue weighted by atomic mass is 19.1. The lowest BCUT2D eigenvalue weighted by Gasteiger charge is -2.36. The van der Waals surface area contributed by atoms with Gasteiger partial charge >= 0.3 is 0 Å². The highest BCUT2D eigenvalue weighted by Gasteiger charge is 2.35. The van der Waals surface area contributed by atoms with Crippen molar-refractivity contribution < 1.29 is 18.8 Å². The summed E-state index contributed by atoms with van der Waals surface area (Å²) in [4.78, 5) is 40.4. The van der Waals surface area contributed by atoms with Crippen molar-refractivity contribution in [3.05, 3.63) is 71.5 Å². The van der Waals surface area contributed by atoms with Gasteiger partial charge in [-0.2, -0.15) is 0 Å². The Hall–Kier alpha value is -3.22. The minimum atomic E-state index is -0.703.